The number of rotatable bonds is 3. The van der Waals surface area contributed by atoms with Crippen LogP contribution in [0.4, 0.5) is 4.79 Å². The van der Waals surface area contributed by atoms with Crippen molar-refractivity contribution in [3.8, 4) is 0 Å². The number of imide groups is 1. The van der Waals surface area contributed by atoms with Gasteiger partial charge in [-0.1, -0.05) is 30.3 Å². The Labute approximate surface area is 100 Å². The standard InChI is InChI=1S/C13H15NO3/c1-13(2)11(15)14(12(16)17-13)9-8-10-6-4-3-5-7-10/h3-7H,8-9H2,1-2H3. The van der Waals surface area contributed by atoms with Gasteiger partial charge in [-0.2, -0.15) is 0 Å². The Morgan fingerprint density at radius 3 is 2.35 bits per heavy atom. The van der Waals surface area contributed by atoms with E-state index in [9.17, 15) is 9.59 Å². The van der Waals surface area contributed by atoms with E-state index in [1.54, 1.807) is 13.8 Å². The van der Waals surface area contributed by atoms with Gasteiger partial charge in [-0.3, -0.25) is 4.79 Å². The van der Waals surface area contributed by atoms with Crippen molar-refractivity contribution in [1.29, 1.82) is 0 Å². The van der Waals surface area contributed by atoms with Gasteiger partial charge in [0.1, 0.15) is 0 Å². The van der Waals surface area contributed by atoms with Crippen molar-refractivity contribution < 1.29 is 14.3 Å². The summed E-state index contributed by atoms with van der Waals surface area (Å²) in [7, 11) is 0. The number of hydrogen-bond donors (Lipinski definition) is 0. The second kappa shape index (κ2) is 4.20. The number of hydrogen-bond acceptors (Lipinski definition) is 3. The molecule has 0 N–H and O–H groups in total. The summed E-state index contributed by atoms with van der Waals surface area (Å²) in [6, 6.07) is 9.74. The second-order valence-electron chi connectivity index (χ2n) is 4.57. The fourth-order valence-corrected chi connectivity index (χ4v) is 1.80. The minimum atomic E-state index is -1.02. The van der Waals surface area contributed by atoms with Crippen LogP contribution in [-0.4, -0.2) is 29.0 Å². The van der Waals surface area contributed by atoms with Gasteiger partial charge < -0.3 is 4.74 Å². The Morgan fingerprint density at radius 2 is 1.82 bits per heavy atom. The van der Waals surface area contributed by atoms with Gasteiger partial charge in [0.2, 0.25) is 0 Å². The first-order valence-electron chi connectivity index (χ1n) is 5.59. The van der Waals surface area contributed by atoms with Crippen molar-refractivity contribution in [3.05, 3.63) is 35.9 Å². The summed E-state index contributed by atoms with van der Waals surface area (Å²) >= 11 is 0. The molecular weight excluding hydrogens is 218 g/mol. The van der Waals surface area contributed by atoms with Gasteiger partial charge in [0, 0.05) is 6.54 Å². The number of benzene rings is 1. The summed E-state index contributed by atoms with van der Waals surface area (Å²) in [4.78, 5) is 24.5. The van der Waals surface area contributed by atoms with Gasteiger partial charge in [0.15, 0.2) is 5.60 Å². The molecule has 0 radical (unpaired) electrons. The van der Waals surface area contributed by atoms with E-state index in [4.69, 9.17) is 4.74 Å². The van der Waals surface area contributed by atoms with Crippen molar-refractivity contribution >= 4 is 12.0 Å². The van der Waals surface area contributed by atoms with Gasteiger partial charge in [-0.15, -0.1) is 0 Å². The molecule has 2 rings (SSSR count). The molecule has 2 amide bonds. The molecule has 4 nitrogen and oxygen atoms in total. The summed E-state index contributed by atoms with van der Waals surface area (Å²) in [5.74, 6) is -0.265. The maximum absolute atomic E-state index is 11.8. The number of carbonyl (C=O) groups is 2. The topological polar surface area (TPSA) is 46.6 Å². The lowest BCUT2D eigenvalue weighted by Crippen LogP contribution is -2.37. The highest BCUT2D eigenvalue weighted by Crippen LogP contribution is 2.23. The molecule has 90 valence electrons. The predicted molar refractivity (Wildman–Crippen MR) is 62.4 cm³/mol. The first-order valence-corrected chi connectivity index (χ1v) is 5.59. The maximum Gasteiger partial charge on any atom is 0.417 e. The molecule has 1 saturated heterocycles. The quantitative estimate of drug-likeness (QED) is 0.802. The predicted octanol–water partition coefficient (Wildman–Crippen LogP) is 1.99. The summed E-state index contributed by atoms with van der Waals surface area (Å²) in [6.07, 6.45) is 0.105. The highest BCUT2D eigenvalue weighted by Gasteiger charge is 2.46. The molecule has 1 aromatic carbocycles. The first kappa shape index (κ1) is 11.6. The van der Waals surface area contributed by atoms with Gasteiger partial charge in [0.25, 0.3) is 5.91 Å². The Hall–Kier alpha value is -1.84. The molecule has 1 heterocycles. The van der Waals surface area contributed by atoms with Crippen LogP contribution in [0.25, 0.3) is 0 Å². The van der Waals surface area contributed by atoms with Crippen LogP contribution in [-0.2, 0) is 16.0 Å². The van der Waals surface area contributed by atoms with Crippen LogP contribution >= 0.6 is 0 Å². The molecule has 0 aromatic heterocycles. The Bertz CT molecular complexity index is 439. The molecule has 0 spiro atoms. The van der Waals surface area contributed by atoms with E-state index in [1.807, 2.05) is 30.3 Å². The number of ether oxygens (including phenoxy) is 1. The van der Waals surface area contributed by atoms with Crippen LogP contribution in [0.15, 0.2) is 30.3 Å². The molecule has 1 aliphatic heterocycles. The van der Waals surface area contributed by atoms with Gasteiger partial charge in [-0.05, 0) is 25.8 Å². The summed E-state index contributed by atoms with van der Waals surface area (Å²) < 4.78 is 5.00. The molecule has 0 saturated carbocycles. The molecular formula is C13H15NO3. The summed E-state index contributed by atoms with van der Waals surface area (Å²) in [5, 5.41) is 0. The van der Waals surface area contributed by atoms with Gasteiger partial charge in [-0.25, -0.2) is 9.69 Å². The van der Waals surface area contributed by atoms with E-state index in [-0.39, 0.29) is 5.91 Å². The third-order valence-electron chi connectivity index (χ3n) is 2.79. The molecule has 0 aliphatic carbocycles. The van der Waals surface area contributed by atoms with Crippen LogP contribution < -0.4 is 0 Å². The third-order valence-corrected chi connectivity index (χ3v) is 2.79. The van der Waals surface area contributed by atoms with E-state index < -0.39 is 11.7 Å². The molecule has 4 heteroatoms. The molecule has 0 unspecified atom stereocenters. The zero-order valence-corrected chi connectivity index (χ0v) is 9.97. The lowest BCUT2D eigenvalue weighted by atomic mass is 10.1. The van der Waals surface area contributed by atoms with Crippen molar-refractivity contribution in [3.63, 3.8) is 0 Å². The fraction of sp³-hybridized carbons (Fsp3) is 0.385. The Balaban J connectivity index is 2.01. The zero-order chi connectivity index (χ0) is 12.5. The average Bonchev–Trinajstić information content (AvgIpc) is 2.48. The van der Waals surface area contributed by atoms with E-state index in [2.05, 4.69) is 0 Å². The first-order chi connectivity index (χ1) is 8.00. The average molecular weight is 233 g/mol. The number of amides is 2. The fourth-order valence-electron chi connectivity index (χ4n) is 1.80. The zero-order valence-electron chi connectivity index (χ0n) is 9.97. The van der Waals surface area contributed by atoms with Crippen LogP contribution in [0.3, 0.4) is 0 Å². The molecule has 0 atom stereocenters. The Kier molecular flexibility index (Phi) is 2.88. The van der Waals surface area contributed by atoms with Crippen molar-refractivity contribution in [1.82, 2.24) is 4.90 Å². The number of nitrogens with zero attached hydrogens (tertiary/aromatic N) is 1. The van der Waals surface area contributed by atoms with E-state index in [0.29, 0.717) is 13.0 Å². The van der Waals surface area contributed by atoms with Crippen LogP contribution in [0.5, 0.6) is 0 Å². The SMILES string of the molecule is CC1(C)OC(=O)N(CCc2ccccc2)C1=O. The molecule has 1 aromatic rings. The molecule has 17 heavy (non-hydrogen) atoms. The minimum absolute atomic E-state index is 0.265. The highest BCUT2D eigenvalue weighted by molar-refractivity contribution is 6.02. The maximum atomic E-state index is 11.8. The van der Waals surface area contributed by atoms with Crippen LogP contribution in [0.1, 0.15) is 19.4 Å². The monoisotopic (exact) mass is 233 g/mol. The Morgan fingerprint density at radius 1 is 1.18 bits per heavy atom. The molecule has 1 fully saturated rings. The van der Waals surface area contributed by atoms with E-state index in [1.165, 1.54) is 4.90 Å². The van der Waals surface area contributed by atoms with Crippen LogP contribution in [0.2, 0.25) is 0 Å². The highest BCUT2D eigenvalue weighted by atomic mass is 16.6. The number of cyclic esters (lactones) is 1. The van der Waals surface area contributed by atoms with E-state index >= 15 is 0 Å². The largest absolute Gasteiger partial charge is 0.433 e. The minimum Gasteiger partial charge on any atom is -0.433 e. The van der Waals surface area contributed by atoms with Crippen molar-refractivity contribution in [2.75, 3.05) is 6.54 Å². The lowest BCUT2D eigenvalue weighted by Gasteiger charge is -2.13. The van der Waals surface area contributed by atoms with E-state index in [0.717, 1.165) is 5.56 Å². The number of carbonyl (C=O) groups excluding carboxylic acids is 2. The smallest absolute Gasteiger partial charge is 0.417 e. The van der Waals surface area contributed by atoms with Crippen molar-refractivity contribution in [2.24, 2.45) is 0 Å². The summed E-state index contributed by atoms with van der Waals surface area (Å²) in [5.41, 5.74) is 0.0751. The molecule has 0 bridgehead atoms. The van der Waals surface area contributed by atoms with Gasteiger partial charge in [0.05, 0.1) is 0 Å². The lowest BCUT2D eigenvalue weighted by molar-refractivity contribution is -0.134. The molecule has 1 aliphatic rings. The summed E-state index contributed by atoms with van der Waals surface area (Å²) in [6.45, 7) is 3.58. The van der Waals surface area contributed by atoms with Gasteiger partial charge >= 0.3 is 6.09 Å². The second-order valence-corrected chi connectivity index (χ2v) is 4.57. The third kappa shape index (κ3) is 2.30. The van der Waals surface area contributed by atoms with Crippen molar-refractivity contribution in [2.45, 2.75) is 25.9 Å². The van der Waals surface area contributed by atoms with Crippen LogP contribution in [0, 0.1) is 0 Å². The normalized spacial score (nSPS) is 18.4.